The molecule has 0 bridgehead atoms. The number of aromatic nitrogens is 1. The van der Waals surface area contributed by atoms with Crippen LogP contribution in [0, 0.1) is 12.7 Å². The van der Waals surface area contributed by atoms with Gasteiger partial charge >= 0.3 is 5.97 Å². The van der Waals surface area contributed by atoms with Gasteiger partial charge in [0.15, 0.2) is 11.6 Å². The highest BCUT2D eigenvalue weighted by Crippen LogP contribution is 2.38. The van der Waals surface area contributed by atoms with Crippen LogP contribution in [0.2, 0.25) is 0 Å². The van der Waals surface area contributed by atoms with E-state index in [0.717, 1.165) is 0 Å². The van der Waals surface area contributed by atoms with Crippen LogP contribution in [-0.4, -0.2) is 28.7 Å². The van der Waals surface area contributed by atoms with Crippen molar-refractivity contribution in [2.24, 2.45) is 0 Å². The van der Waals surface area contributed by atoms with Crippen LogP contribution in [-0.2, 0) is 4.79 Å². The van der Waals surface area contributed by atoms with Crippen molar-refractivity contribution >= 4 is 22.8 Å². The number of hydrogen-bond donors (Lipinski definition) is 1. The number of ether oxygens (including phenoxy) is 1. The molecular weight excluding hydrogens is 361 g/mol. The van der Waals surface area contributed by atoms with Crippen LogP contribution >= 0.6 is 0 Å². The number of benzene rings is 2. The summed E-state index contributed by atoms with van der Waals surface area (Å²) in [7, 11) is 1.33. The first-order chi connectivity index (χ1) is 13.4. The summed E-state index contributed by atoms with van der Waals surface area (Å²) in [6.07, 6.45) is 1.57. The molecule has 3 rings (SSSR count). The van der Waals surface area contributed by atoms with E-state index >= 15 is 4.39 Å². The molecule has 3 aromatic rings. The smallest absolute Gasteiger partial charge is 0.311 e. The largest absolute Gasteiger partial charge is 0.494 e. The molecule has 0 spiro atoms. The number of carbonyl (C=O) groups excluding carboxylic acids is 1. The molecular formula is C22H20FNO4. The van der Waals surface area contributed by atoms with Gasteiger partial charge in [0.25, 0.3) is 5.91 Å². The summed E-state index contributed by atoms with van der Waals surface area (Å²) >= 11 is 0. The summed E-state index contributed by atoms with van der Waals surface area (Å²) in [5, 5.41) is 9.81. The average Bonchev–Trinajstić information content (AvgIpc) is 2.99. The quantitative estimate of drug-likeness (QED) is 0.637. The Morgan fingerprint density at radius 3 is 2.50 bits per heavy atom. The predicted molar refractivity (Wildman–Crippen MR) is 105 cm³/mol. The van der Waals surface area contributed by atoms with Gasteiger partial charge in [0.2, 0.25) is 0 Å². The molecule has 1 atom stereocenters. The second kappa shape index (κ2) is 7.68. The molecule has 5 nitrogen and oxygen atoms in total. The zero-order valence-electron chi connectivity index (χ0n) is 15.6. The van der Waals surface area contributed by atoms with Gasteiger partial charge in [0, 0.05) is 16.6 Å². The molecule has 1 N–H and O–H groups in total. The van der Waals surface area contributed by atoms with E-state index in [9.17, 15) is 14.7 Å². The average molecular weight is 381 g/mol. The molecule has 1 aromatic heterocycles. The van der Waals surface area contributed by atoms with Crippen molar-refractivity contribution in [3.8, 4) is 5.75 Å². The summed E-state index contributed by atoms with van der Waals surface area (Å²) < 4.78 is 21.6. The van der Waals surface area contributed by atoms with Crippen molar-refractivity contribution in [3.05, 3.63) is 77.8 Å². The zero-order chi connectivity index (χ0) is 20.4. The van der Waals surface area contributed by atoms with Crippen molar-refractivity contribution in [1.82, 2.24) is 4.57 Å². The van der Waals surface area contributed by atoms with Crippen LogP contribution in [0.1, 0.15) is 34.0 Å². The number of rotatable bonds is 6. The molecule has 0 saturated carbocycles. The van der Waals surface area contributed by atoms with Gasteiger partial charge < -0.3 is 9.84 Å². The van der Waals surface area contributed by atoms with E-state index in [1.165, 1.54) is 23.8 Å². The van der Waals surface area contributed by atoms with E-state index in [4.69, 9.17) is 4.74 Å². The van der Waals surface area contributed by atoms with Crippen LogP contribution in [0.25, 0.3) is 10.9 Å². The Bertz CT molecular complexity index is 1070. The molecule has 1 unspecified atom stereocenters. The number of carboxylic acid groups (broad SMARTS) is 1. The second-order valence-corrected chi connectivity index (χ2v) is 6.40. The summed E-state index contributed by atoms with van der Waals surface area (Å²) in [4.78, 5) is 25.1. The van der Waals surface area contributed by atoms with Crippen molar-refractivity contribution < 1.29 is 23.8 Å². The van der Waals surface area contributed by atoms with Gasteiger partial charge in [-0.25, -0.2) is 4.39 Å². The fourth-order valence-electron chi connectivity index (χ4n) is 3.54. The molecule has 0 amide bonds. The van der Waals surface area contributed by atoms with Gasteiger partial charge in [-0.1, -0.05) is 24.3 Å². The third-order valence-electron chi connectivity index (χ3n) is 4.81. The SMILES string of the molecule is C=CCC(C(=O)O)c1c(C)n(C(=O)c2ccccc2)c2ccc(OC)c(F)c12. The molecule has 1 heterocycles. The van der Waals surface area contributed by atoms with E-state index in [-0.39, 0.29) is 29.0 Å². The number of allylic oxidation sites excluding steroid dienone is 1. The lowest BCUT2D eigenvalue weighted by Gasteiger charge is -2.12. The van der Waals surface area contributed by atoms with Crippen LogP contribution in [0.3, 0.4) is 0 Å². The Balaban J connectivity index is 2.39. The number of aliphatic carboxylic acids is 1. The normalized spacial score (nSPS) is 12.0. The zero-order valence-corrected chi connectivity index (χ0v) is 15.6. The first kappa shape index (κ1) is 19.4. The van der Waals surface area contributed by atoms with Gasteiger partial charge in [-0.05, 0) is 43.2 Å². The summed E-state index contributed by atoms with van der Waals surface area (Å²) in [6.45, 7) is 5.23. The van der Waals surface area contributed by atoms with Crippen molar-refractivity contribution in [2.45, 2.75) is 19.3 Å². The maximum absolute atomic E-state index is 15.2. The summed E-state index contributed by atoms with van der Waals surface area (Å²) in [5.41, 5.74) is 1.35. The van der Waals surface area contributed by atoms with Crippen LogP contribution in [0.15, 0.2) is 55.1 Å². The number of nitrogens with zero attached hydrogens (tertiary/aromatic N) is 1. The van der Waals surface area contributed by atoms with Gasteiger partial charge in [0.1, 0.15) is 0 Å². The van der Waals surface area contributed by atoms with Crippen molar-refractivity contribution in [2.75, 3.05) is 7.11 Å². The van der Waals surface area contributed by atoms with Gasteiger partial charge in [-0.3, -0.25) is 14.2 Å². The Labute approximate surface area is 161 Å². The number of halogens is 1. The maximum atomic E-state index is 15.2. The number of fused-ring (bicyclic) bond motifs is 1. The topological polar surface area (TPSA) is 68.5 Å². The maximum Gasteiger partial charge on any atom is 0.311 e. The van der Waals surface area contributed by atoms with Crippen molar-refractivity contribution in [3.63, 3.8) is 0 Å². The van der Waals surface area contributed by atoms with Crippen molar-refractivity contribution in [1.29, 1.82) is 0 Å². The van der Waals surface area contributed by atoms with E-state index in [2.05, 4.69) is 6.58 Å². The molecule has 0 radical (unpaired) electrons. The highest BCUT2D eigenvalue weighted by molar-refractivity contribution is 6.05. The molecule has 0 aliphatic rings. The Morgan fingerprint density at radius 2 is 1.93 bits per heavy atom. The fraction of sp³-hybridized carbons (Fsp3) is 0.182. The summed E-state index contributed by atoms with van der Waals surface area (Å²) in [6, 6.07) is 11.6. The van der Waals surface area contributed by atoms with Crippen LogP contribution in [0.5, 0.6) is 5.75 Å². The van der Waals surface area contributed by atoms with Crippen LogP contribution in [0.4, 0.5) is 4.39 Å². The van der Waals surface area contributed by atoms with E-state index < -0.39 is 17.7 Å². The lowest BCUT2D eigenvalue weighted by atomic mass is 9.93. The fourth-order valence-corrected chi connectivity index (χ4v) is 3.54. The lowest BCUT2D eigenvalue weighted by Crippen LogP contribution is -2.16. The number of carbonyl (C=O) groups is 2. The lowest BCUT2D eigenvalue weighted by molar-refractivity contribution is -0.138. The molecule has 0 fully saturated rings. The van der Waals surface area contributed by atoms with Crippen LogP contribution < -0.4 is 4.74 Å². The highest BCUT2D eigenvalue weighted by atomic mass is 19.1. The second-order valence-electron chi connectivity index (χ2n) is 6.40. The van der Waals surface area contributed by atoms with Gasteiger partial charge in [-0.2, -0.15) is 0 Å². The Morgan fingerprint density at radius 1 is 1.25 bits per heavy atom. The highest BCUT2D eigenvalue weighted by Gasteiger charge is 2.31. The first-order valence-electron chi connectivity index (χ1n) is 8.73. The molecule has 144 valence electrons. The summed E-state index contributed by atoms with van der Waals surface area (Å²) in [5.74, 6) is -3.21. The minimum atomic E-state index is -1.11. The Kier molecular flexibility index (Phi) is 5.31. The number of hydrogen-bond acceptors (Lipinski definition) is 3. The third-order valence-corrected chi connectivity index (χ3v) is 4.81. The monoisotopic (exact) mass is 381 g/mol. The number of methoxy groups -OCH3 is 1. The van der Waals surface area contributed by atoms with E-state index in [0.29, 0.717) is 16.8 Å². The molecule has 28 heavy (non-hydrogen) atoms. The molecule has 2 aromatic carbocycles. The van der Waals surface area contributed by atoms with E-state index in [1.807, 2.05) is 0 Å². The molecule has 0 saturated heterocycles. The third kappa shape index (κ3) is 3.07. The Hall–Kier alpha value is -3.41. The first-order valence-corrected chi connectivity index (χ1v) is 8.73. The molecule has 6 heteroatoms. The minimum Gasteiger partial charge on any atom is -0.494 e. The number of carboxylic acids is 1. The minimum absolute atomic E-state index is 0.0131. The molecule has 0 aliphatic heterocycles. The van der Waals surface area contributed by atoms with E-state index in [1.54, 1.807) is 43.3 Å². The van der Waals surface area contributed by atoms with Gasteiger partial charge in [-0.15, -0.1) is 6.58 Å². The predicted octanol–water partition coefficient (Wildman–Crippen LogP) is 4.53. The standard InChI is InChI=1S/C22H20FNO4/c1-4-8-15(22(26)27)18-13(2)24(21(25)14-9-6-5-7-10-14)16-11-12-17(28-3)20(23)19(16)18/h4-7,9-12,15H,1,8H2,2-3H3,(H,26,27). The molecule has 0 aliphatic carbocycles. The van der Waals surface area contributed by atoms with Gasteiger partial charge in [0.05, 0.1) is 18.5 Å².